The van der Waals surface area contributed by atoms with Crippen LogP contribution in [-0.4, -0.2) is 34.4 Å². The third-order valence-corrected chi connectivity index (χ3v) is 5.35. The number of carbonyl (C=O) groups is 2. The maximum Gasteiger partial charge on any atom is 0.251 e. The number of hydrogen-bond donors (Lipinski definition) is 2. The number of amides is 2. The lowest BCUT2D eigenvalue weighted by Crippen LogP contribution is -2.48. The van der Waals surface area contributed by atoms with Crippen molar-refractivity contribution >= 4 is 35.1 Å². The van der Waals surface area contributed by atoms with E-state index in [1.54, 1.807) is 17.9 Å². The second-order valence-corrected chi connectivity index (χ2v) is 7.41. The summed E-state index contributed by atoms with van der Waals surface area (Å²) in [5, 5.41) is 6.62. The molecule has 1 aliphatic heterocycles. The van der Waals surface area contributed by atoms with Crippen molar-refractivity contribution in [3.8, 4) is 0 Å². The molecule has 1 aliphatic rings. The Morgan fingerprint density at radius 3 is 2.50 bits per heavy atom. The van der Waals surface area contributed by atoms with Gasteiger partial charge in [0.2, 0.25) is 11.9 Å². The van der Waals surface area contributed by atoms with Gasteiger partial charge in [-0.15, -0.1) is 0 Å². The first-order valence-electron chi connectivity index (χ1n) is 9.29. The molecule has 0 saturated carbocycles. The molecule has 0 aliphatic carbocycles. The van der Waals surface area contributed by atoms with Crippen molar-refractivity contribution in [2.24, 2.45) is 5.92 Å². The van der Waals surface area contributed by atoms with Crippen LogP contribution in [0.25, 0.3) is 0 Å². The molecular weight excluding hydrogens is 378 g/mol. The Hall–Kier alpha value is -2.67. The standard InChI is InChI=1S/C20H24ClN5O2/c1-5-22-19(28)14-6-7-17-16(8-14)18(11(2)12(3)26(17)13(4)27)25-20-23-9-15(21)10-24-20/h6-12,18H,5H2,1-4H3,(H,22,28)(H,23,24,25). The molecule has 148 valence electrons. The van der Waals surface area contributed by atoms with Crippen molar-refractivity contribution in [1.82, 2.24) is 15.3 Å². The highest BCUT2D eigenvalue weighted by molar-refractivity contribution is 6.30. The van der Waals surface area contributed by atoms with E-state index in [2.05, 4.69) is 27.5 Å². The lowest BCUT2D eigenvalue weighted by atomic mass is 9.82. The number of rotatable bonds is 4. The number of nitrogens with zero attached hydrogens (tertiary/aromatic N) is 3. The van der Waals surface area contributed by atoms with E-state index in [-0.39, 0.29) is 29.8 Å². The second kappa shape index (κ2) is 8.14. The largest absolute Gasteiger partial charge is 0.352 e. The zero-order valence-corrected chi connectivity index (χ0v) is 17.1. The summed E-state index contributed by atoms with van der Waals surface area (Å²) in [4.78, 5) is 34.9. The second-order valence-electron chi connectivity index (χ2n) is 6.97. The molecule has 1 aromatic heterocycles. The van der Waals surface area contributed by atoms with E-state index in [1.807, 2.05) is 26.0 Å². The minimum atomic E-state index is -0.170. The van der Waals surface area contributed by atoms with Crippen LogP contribution in [0.2, 0.25) is 5.02 Å². The van der Waals surface area contributed by atoms with Gasteiger partial charge < -0.3 is 15.5 Å². The molecule has 0 spiro atoms. The van der Waals surface area contributed by atoms with Crippen molar-refractivity contribution in [1.29, 1.82) is 0 Å². The summed E-state index contributed by atoms with van der Waals surface area (Å²) in [6.07, 6.45) is 3.06. The van der Waals surface area contributed by atoms with E-state index in [1.165, 1.54) is 12.4 Å². The fourth-order valence-corrected chi connectivity index (χ4v) is 3.73. The zero-order valence-electron chi connectivity index (χ0n) is 16.4. The van der Waals surface area contributed by atoms with Gasteiger partial charge in [0.15, 0.2) is 0 Å². The predicted molar refractivity (Wildman–Crippen MR) is 110 cm³/mol. The minimum absolute atomic E-state index is 0.0347. The summed E-state index contributed by atoms with van der Waals surface area (Å²) in [6, 6.07) is 5.22. The lowest BCUT2D eigenvalue weighted by Gasteiger charge is -2.44. The van der Waals surface area contributed by atoms with Crippen LogP contribution >= 0.6 is 11.6 Å². The average Bonchev–Trinajstić information content (AvgIpc) is 2.66. The number of benzene rings is 1. The van der Waals surface area contributed by atoms with Gasteiger partial charge in [-0.3, -0.25) is 9.59 Å². The molecule has 2 heterocycles. The maximum atomic E-state index is 12.3. The number of aromatic nitrogens is 2. The number of anilines is 2. The van der Waals surface area contributed by atoms with Gasteiger partial charge in [-0.2, -0.15) is 0 Å². The molecule has 28 heavy (non-hydrogen) atoms. The third kappa shape index (κ3) is 3.80. The fraction of sp³-hybridized carbons (Fsp3) is 0.400. The Kier molecular flexibility index (Phi) is 5.84. The molecule has 8 heteroatoms. The van der Waals surface area contributed by atoms with Crippen LogP contribution in [0.4, 0.5) is 11.6 Å². The summed E-state index contributed by atoms with van der Waals surface area (Å²) < 4.78 is 0. The van der Waals surface area contributed by atoms with E-state index in [0.717, 1.165) is 11.3 Å². The minimum Gasteiger partial charge on any atom is -0.352 e. The zero-order chi connectivity index (χ0) is 20.4. The van der Waals surface area contributed by atoms with Crippen LogP contribution in [0.3, 0.4) is 0 Å². The molecule has 0 saturated heterocycles. The molecule has 2 amide bonds. The molecular formula is C20H24ClN5O2. The average molecular weight is 402 g/mol. The van der Waals surface area contributed by atoms with Crippen LogP contribution in [-0.2, 0) is 4.79 Å². The fourth-order valence-electron chi connectivity index (χ4n) is 3.63. The smallest absolute Gasteiger partial charge is 0.251 e. The van der Waals surface area contributed by atoms with Gasteiger partial charge in [-0.25, -0.2) is 9.97 Å². The van der Waals surface area contributed by atoms with Crippen molar-refractivity contribution in [2.75, 3.05) is 16.8 Å². The number of hydrogen-bond acceptors (Lipinski definition) is 5. The highest BCUT2D eigenvalue weighted by atomic mass is 35.5. The molecule has 0 fully saturated rings. The van der Waals surface area contributed by atoms with E-state index in [4.69, 9.17) is 11.6 Å². The van der Waals surface area contributed by atoms with Crippen LogP contribution < -0.4 is 15.5 Å². The molecule has 1 aromatic carbocycles. The van der Waals surface area contributed by atoms with Gasteiger partial charge >= 0.3 is 0 Å². The van der Waals surface area contributed by atoms with E-state index >= 15 is 0 Å². The van der Waals surface area contributed by atoms with Crippen LogP contribution in [0.1, 0.15) is 49.7 Å². The normalized spacial score (nSPS) is 21.0. The number of nitrogens with one attached hydrogen (secondary N) is 2. The monoisotopic (exact) mass is 401 g/mol. The van der Waals surface area contributed by atoms with Crippen molar-refractivity contribution < 1.29 is 9.59 Å². The van der Waals surface area contributed by atoms with Gasteiger partial charge in [0.1, 0.15) is 0 Å². The Bertz CT molecular complexity index is 887. The molecule has 0 radical (unpaired) electrons. The first kappa shape index (κ1) is 20.1. The highest BCUT2D eigenvalue weighted by Gasteiger charge is 2.38. The quantitative estimate of drug-likeness (QED) is 0.819. The van der Waals surface area contributed by atoms with Crippen LogP contribution in [0, 0.1) is 5.92 Å². The summed E-state index contributed by atoms with van der Waals surface area (Å²) in [7, 11) is 0. The molecule has 3 atom stereocenters. The molecule has 3 rings (SSSR count). The highest BCUT2D eigenvalue weighted by Crippen LogP contribution is 2.42. The van der Waals surface area contributed by atoms with Crippen molar-refractivity contribution in [3.05, 3.63) is 46.7 Å². The third-order valence-electron chi connectivity index (χ3n) is 5.16. The van der Waals surface area contributed by atoms with E-state index in [0.29, 0.717) is 23.1 Å². The van der Waals surface area contributed by atoms with Gasteiger partial charge in [0.05, 0.1) is 23.5 Å². The molecule has 0 bridgehead atoms. The molecule has 2 N–H and O–H groups in total. The van der Waals surface area contributed by atoms with Gasteiger partial charge in [-0.1, -0.05) is 18.5 Å². The summed E-state index contributed by atoms with van der Waals surface area (Å²) >= 11 is 5.89. The lowest BCUT2D eigenvalue weighted by molar-refractivity contribution is -0.117. The Morgan fingerprint density at radius 2 is 1.89 bits per heavy atom. The first-order chi connectivity index (χ1) is 13.3. The van der Waals surface area contributed by atoms with Crippen LogP contribution in [0.5, 0.6) is 0 Å². The Labute approximate surface area is 169 Å². The molecule has 3 unspecified atom stereocenters. The number of fused-ring (bicyclic) bond motifs is 1. The summed E-state index contributed by atoms with van der Waals surface area (Å²) in [5.41, 5.74) is 2.20. The van der Waals surface area contributed by atoms with Gasteiger partial charge in [-0.05, 0) is 37.6 Å². The van der Waals surface area contributed by atoms with Crippen molar-refractivity contribution in [3.63, 3.8) is 0 Å². The maximum absolute atomic E-state index is 12.3. The Balaban J connectivity index is 2.07. The summed E-state index contributed by atoms with van der Waals surface area (Å²) in [5.74, 6) is 0.319. The van der Waals surface area contributed by atoms with Gasteiger partial charge in [0, 0.05) is 36.7 Å². The predicted octanol–water partition coefficient (Wildman–Crippen LogP) is 3.42. The van der Waals surface area contributed by atoms with Crippen LogP contribution in [0.15, 0.2) is 30.6 Å². The summed E-state index contributed by atoms with van der Waals surface area (Å²) in [6.45, 7) is 8.06. The number of halogens is 1. The number of carbonyl (C=O) groups excluding carboxylic acids is 2. The first-order valence-corrected chi connectivity index (χ1v) is 9.67. The van der Waals surface area contributed by atoms with E-state index < -0.39 is 0 Å². The molecule has 2 aromatic rings. The van der Waals surface area contributed by atoms with Crippen molar-refractivity contribution in [2.45, 2.75) is 39.8 Å². The van der Waals surface area contributed by atoms with Gasteiger partial charge in [0.25, 0.3) is 5.91 Å². The van der Waals surface area contributed by atoms with E-state index in [9.17, 15) is 9.59 Å². The molecule has 7 nitrogen and oxygen atoms in total. The SMILES string of the molecule is CCNC(=O)c1ccc2c(c1)C(Nc1ncc(Cl)cn1)C(C)C(C)N2C(C)=O. The topological polar surface area (TPSA) is 87.2 Å². The Morgan fingerprint density at radius 1 is 1.21 bits per heavy atom.